The quantitative estimate of drug-likeness (QED) is 0.800. The van der Waals surface area contributed by atoms with Crippen molar-refractivity contribution in [3.8, 4) is 0 Å². The number of hydrogen-bond acceptors (Lipinski definition) is 3. The second kappa shape index (κ2) is 5.23. The Bertz CT molecular complexity index is 329. The van der Waals surface area contributed by atoms with Gasteiger partial charge in [0.05, 0.1) is 5.60 Å². The van der Waals surface area contributed by atoms with Crippen molar-refractivity contribution in [3.05, 3.63) is 0 Å². The fourth-order valence-corrected chi connectivity index (χ4v) is 6.01. The predicted octanol–water partition coefficient (Wildman–Crippen LogP) is 3.44. The number of ether oxygens (including phenoxy) is 1. The van der Waals surface area contributed by atoms with Gasteiger partial charge in [0.15, 0.2) is 0 Å². The van der Waals surface area contributed by atoms with Gasteiger partial charge in [-0.05, 0) is 55.6 Å². The molecule has 19 heavy (non-hydrogen) atoms. The molecule has 0 aromatic carbocycles. The lowest BCUT2D eigenvalue weighted by molar-refractivity contribution is -0.103. The average molecular weight is 283 g/mol. The van der Waals surface area contributed by atoms with Gasteiger partial charge in [0.2, 0.25) is 0 Å². The van der Waals surface area contributed by atoms with Crippen LogP contribution in [0.25, 0.3) is 0 Å². The Morgan fingerprint density at radius 2 is 2.00 bits per heavy atom. The highest BCUT2D eigenvalue weighted by Gasteiger charge is 2.49. The van der Waals surface area contributed by atoms with Crippen LogP contribution >= 0.6 is 11.8 Å². The lowest BCUT2D eigenvalue weighted by Gasteiger charge is -2.51. The molecule has 3 aliphatic rings. The molecule has 0 aromatic rings. The summed E-state index contributed by atoms with van der Waals surface area (Å²) in [5.41, 5.74) is 7.21. The molecule has 2 heterocycles. The fraction of sp³-hybridized carbons (Fsp3) is 1.00. The zero-order valence-electron chi connectivity index (χ0n) is 12.5. The van der Waals surface area contributed by atoms with Crippen LogP contribution in [0.3, 0.4) is 0 Å². The molecule has 0 radical (unpaired) electrons. The van der Waals surface area contributed by atoms with Crippen LogP contribution in [0.15, 0.2) is 0 Å². The summed E-state index contributed by atoms with van der Waals surface area (Å²) < 4.78 is 6.18. The normalized spacial score (nSPS) is 51.6. The van der Waals surface area contributed by atoms with Crippen molar-refractivity contribution in [3.63, 3.8) is 0 Å². The van der Waals surface area contributed by atoms with Gasteiger partial charge in [0.25, 0.3) is 0 Å². The fourth-order valence-electron chi connectivity index (χ4n) is 4.63. The molecule has 2 aliphatic heterocycles. The van der Waals surface area contributed by atoms with E-state index in [0.29, 0.717) is 11.8 Å². The molecule has 2 saturated heterocycles. The van der Waals surface area contributed by atoms with E-state index in [9.17, 15) is 0 Å². The maximum absolute atomic E-state index is 6.96. The summed E-state index contributed by atoms with van der Waals surface area (Å²) in [7, 11) is 0. The summed E-state index contributed by atoms with van der Waals surface area (Å²) >= 11 is 2.06. The van der Waals surface area contributed by atoms with E-state index in [1.807, 2.05) is 0 Å². The van der Waals surface area contributed by atoms with Crippen LogP contribution < -0.4 is 5.73 Å². The summed E-state index contributed by atoms with van der Waals surface area (Å²) in [6.07, 6.45) is 7.55. The van der Waals surface area contributed by atoms with Crippen molar-refractivity contribution in [1.82, 2.24) is 0 Å². The van der Waals surface area contributed by atoms with Crippen molar-refractivity contribution >= 4 is 11.8 Å². The molecule has 2 nitrogen and oxygen atoms in total. The first-order valence-electron chi connectivity index (χ1n) is 8.05. The van der Waals surface area contributed by atoms with Crippen molar-refractivity contribution in [2.45, 2.75) is 63.5 Å². The third-order valence-electron chi connectivity index (χ3n) is 6.03. The topological polar surface area (TPSA) is 35.2 Å². The minimum absolute atomic E-state index is 0.0711. The summed E-state index contributed by atoms with van der Waals surface area (Å²) in [5, 5.41) is 0. The Kier molecular flexibility index (Phi) is 3.92. The summed E-state index contributed by atoms with van der Waals surface area (Å²) in [6, 6.07) is 0. The van der Waals surface area contributed by atoms with Crippen LogP contribution in [-0.4, -0.2) is 29.3 Å². The van der Waals surface area contributed by atoms with Gasteiger partial charge in [-0.15, -0.1) is 0 Å². The molecule has 1 aliphatic carbocycles. The minimum Gasteiger partial charge on any atom is -0.374 e. The van der Waals surface area contributed by atoms with E-state index in [0.717, 1.165) is 12.5 Å². The molecule has 2 N–H and O–H groups in total. The molecule has 5 unspecified atom stereocenters. The Labute approximate surface area is 122 Å². The van der Waals surface area contributed by atoms with E-state index >= 15 is 0 Å². The van der Waals surface area contributed by atoms with Crippen molar-refractivity contribution in [2.24, 2.45) is 23.5 Å². The van der Waals surface area contributed by atoms with Crippen LogP contribution in [0.1, 0.15) is 52.4 Å². The van der Waals surface area contributed by atoms with Gasteiger partial charge in [-0.1, -0.05) is 20.3 Å². The molecule has 0 amide bonds. The van der Waals surface area contributed by atoms with Gasteiger partial charge >= 0.3 is 0 Å². The largest absolute Gasteiger partial charge is 0.374 e. The SMILES string of the molecule is CC1CCC(C)C(N)(C2CCOC3(CCSC3)C2)C1. The monoisotopic (exact) mass is 283 g/mol. The first kappa shape index (κ1) is 14.2. The molecule has 3 heteroatoms. The second-order valence-electron chi connectivity index (χ2n) is 7.42. The minimum atomic E-state index is 0.0711. The zero-order chi connectivity index (χ0) is 13.5. The third kappa shape index (κ3) is 2.58. The first-order valence-corrected chi connectivity index (χ1v) is 9.20. The third-order valence-corrected chi connectivity index (χ3v) is 7.26. The van der Waals surface area contributed by atoms with E-state index in [-0.39, 0.29) is 11.1 Å². The number of rotatable bonds is 1. The number of thioether (sulfide) groups is 1. The predicted molar refractivity (Wildman–Crippen MR) is 82.4 cm³/mol. The maximum atomic E-state index is 6.96. The van der Waals surface area contributed by atoms with Crippen molar-refractivity contribution in [1.29, 1.82) is 0 Å². The van der Waals surface area contributed by atoms with Gasteiger partial charge in [-0.25, -0.2) is 0 Å². The molecule has 110 valence electrons. The van der Waals surface area contributed by atoms with Gasteiger partial charge < -0.3 is 10.5 Å². The molecule has 1 spiro atoms. The average Bonchev–Trinajstić information content (AvgIpc) is 2.82. The molecule has 0 aromatic heterocycles. The van der Waals surface area contributed by atoms with Crippen LogP contribution in [0.4, 0.5) is 0 Å². The van der Waals surface area contributed by atoms with Crippen LogP contribution in [0.5, 0.6) is 0 Å². The summed E-state index contributed by atoms with van der Waals surface area (Å²) in [4.78, 5) is 0. The first-order chi connectivity index (χ1) is 9.04. The Morgan fingerprint density at radius 3 is 2.74 bits per heavy atom. The van der Waals surface area contributed by atoms with Crippen LogP contribution in [-0.2, 0) is 4.74 Å². The molecule has 1 saturated carbocycles. The molecular formula is C16H29NOS. The van der Waals surface area contributed by atoms with E-state index in [1.165, 1.54) is 50.0 Å². The molecular weight excluding hydrogens is 254 g/mol. The van der Waals surface area contributed by atoms with Crippen LogP contribution in [0, 0.1) is 17.8 Å². The van der Waals surface area contributed by atoms with Gasteiger partial charge in [-0.3, -0.25) is 0 Å². The highest BCUT2D eigenvalue weighted by Crippen LogP contribution is 2.48. The lowest BCUT2D eigenvalue weighted by Crippen LogP contribution is -2.59. The Morgan fingerprint density at radius 1 is 1.16 bits per heavy atom. The van der Waals surface area contributed by atoms with E-state index in [4.69, 9.17) is 10.5 Å². The molecule has 0 bridgehead atoms. The smallest absolute Gasteiger partial charge is 0.0783 e. The summed E-state index contributed by atoms with van der Waals surface area (Å²) in [5.74, 6) is 4.63. The van der Waals surface area contributed by atoms with Crippen molar-refractivity contribution < 1.29 is 4.74 Å². The summed E-state index contributed by atoms with van der Waals surface area (Å²) in [6.45, 7) is 5.71. The van der Waals surface area contributed by atoms with E-state index < -0.39 is 0 Å². The number of hydrogen-bond donors (Lipinski definition) is 1. The standard InChI is InChI=1S/C16H29NOS/c1-12-3-4-13(2)16(17,9-12)14-5-7-18-15(10-14)6-8-19-11-15/h12-14H,3-11,17H2,1-2H3. The second-order valence-corrected chi connectivity index (χ2v) is 8.53. The molecule has 3 rings (SSSR count). The van der Waals surface area contributed by atoms with Gasteiger partial charge in [0.1, 0.15) is 0 Å². The number of nitrogens with two attached hydrogens (primary N) is 1. The highest BCUT2D eigenvalue weighted by atomic mass is 32.2. The molecule has 3 fully saturated rings. The van der Waals surface area contributed by atoms with Crippen molar-refractivity contribution in [2.75, 3.05) is 18.1 Å². The van der Waals surface area contributed by atoms with E-state index in [2.05, 4.69) is 25.6 Å². The zero-order valence-corrected chi connectivity index (χ0v) is 13.3. The highest BCUT2D eigenvalue weighted by molar-refractivity contribution is 7.99. The van der Waals surface area contributed by atoms with Crippen LogP contribution in [0.2, 0.25) is 0 Å². The Balaban J connectivity index is 1.76. The van der Waals surface area contributed by atoms with Gasteiger partial charge in [0, 0.05) is 17.9 Å². The van der Waals surface area contributed by atoms with E-state index in [1.54, 1.807) is 0 Å². The van der Waals surface area contributed by atoms with Gasteiger partial charge in [-0.2, -0.15) is 11.8 Å². The lowest BCUT2D eigenvalue weighted by atomic mass is 9.61. The molecule has 5 atom stereocenters. The maximum Gasteiger partial charge on any atom is 0.0783 e. The Hall–Kier alpha value is 0.270.